The van der Waals surface area contributed by atoms with Gasteiger partial charge in [-0.15, -0.1) is 0 Å². The molecule has 1 heterocycles. The quantitative estimate of drug-likeness (QED) is 0.409. The Morgan fingerprint density at radius 3 is 2.59 bits per heavy atom. The van der Waals surface area contributed by atoms with Crippen LogP contribution in [-0.2, 0) is 11.3 Å². The average Bonchev–Trinajstić information content (AvgIpc) is 2.99. The third-order valence-corrected chi connectivity index (χ3v) is 5.45. The van der Waals surface area contributed by atoms with E-state index in [-0.39, 0.29) is 17.1 Å². The van der Waals surface area contributed by atoms with Crippen LogP contribution in [0.25, 0.3) is 0 Å². The maximum Gasteiger partial charge on any atom is 0.342 e. The zero-order valence-electron chi connectivity index (χ0n) is 16.9. The lowest BCUT2D eigenvalue weighted by atomic mass is 9.97. The van der Waals surface area contributed by atoms with Crippen LogP contribution < -0.4 is 0 Å². The van der Waals surface area contributed by atoms with Crippen molar-refractivity contribution in [1.82, 2.24) is 4.57 Å². The number of benzene rings is 1. The van der Waals surface area contributed by atoms with Gasteiger partial charge in [0.15, 0.2) is 6.61 Å². The van der Waals surface area contributed by atoms with E-state index in [4.69, 9.17) is 4.74 Å². The number of esters is 1. The number of Topliss-reactive ketones (excluding diaryl/α,β-unsaturated/α-hetero) is 1. The van der Waals surface area contributed by atoms with E-state index in [1.165, 1.54) is 30.5 Å². The fourth-order valence-electron chi connectivity index (χ4n) is 3.79. The SMILES string of the molecule is Cc1cc(C(=O)COC(=O)c2ccc(O)cc2O)c(C)n1CCC1=CCCCC1. The molecule has 0 aliphatic heterocycles. The number of ketones is 1. The Kier molecular flexibility index (Phi) is 6.42. The van der Waals surface area contributed by atoms with E-state index in [0.717, 1.165) is 43.3 Å². The van der Waals surface area contributed by atoms with Crippen molar-refractivity contribution in [2.75, 3.05) is 6.61 Å². The number of allylic oxidation sites excluding steroid dienone is 2. The Morgan fingerprint density at radius 1 is 1.10 bits per heavy atom. The maximum atomic E-state index is 12.6. The molecule has 0 spiro atoms. The van der Waals surface area contributed by atoms with Gasteiger partial charge in [0.2, 0.25) is 5.78 Å². The van der Waals surface area contributed by atoms with Crippen LogP contribution in [0.15, 0.2) is 35.9 Å². The number of phenols is 2. The maximum absolute atomic E-state index is 12.6. The number of aromatic nitrogens is 1. The molecule has 1 aromatic heterocycles. The average molecular weight is 397 g/mol. The van der Waals surface area contributed by atoms with Gasteiger partial charge in [0.05, 0.1) is 0 Å². The zero-order valence-corrected chi connectivity index (χ0v) is 16.9. The number of rotatable bonds is 7. The molecule has 0 bridgehead atoms. The van der Waals surface area contributed by atoms with E-state index in [2.05, 4.69) is 10.6 Å². The molecule has 0 amide bonds. The van der Waals surface area contributed by atoms with Gasteiger partial charge in [-0.1, -0.05) is 11.6 Å². The molecule has 6 heteroatoms. The minimum Gasteiger partial charge on any atom is -0.508 e. The van der Waals surface area contributed by atoms with Gasteiger partial charge in [-0.2, -0.15) is 0 Å². The molecule has 1 aromatic carbocycles. The molecule has 0 radical (unpaired) electrons. The number of nitrogens with zero attached hydrogens (tertiary/aromatic N) is 1. The second kappa shape index (κ2) is 8.99. The molecule has 6 nitrogen and oxygen atoms in total. The highest BCUT2D eigenvalue weighted by molar-refractivity contribution is 6.01. The summed E-state index contributed by atoms with van der Waals surface area (Å²) in [6.07, 6.45) is 8.16. The van der Waals surface area contributed by atoms with Crippen LogP contribution >= 0.6 is 0 Å². The lowest BCUT2D eigenvalue weighted by Gasteiger charge is -2.15. The number of hydrogen-bond acceptors (Lipinski definition) is 5. The number of ether oxygens (including phenoxy) is 1. The van der Waals surface area contributed by atoms with Gasteiger partial charge in [-0.25, -0.2) is 4.79 Å². The van der Waals surface area contributed by atoms with Crippen LogP contribution in [0.4, 0.5) is 0 Å². The highest BCUT2D eigenvalue weighted by atomic mass is 16.5. The Bertz CT molecular complexity index is 954. The fraction of sp³-hybridized carbons (Fsp3) is 0.391. The van der Waals surface area contributed by atoms with Crippen LogP contribution in [0.2, 0.25) is 0 Å². The van der Waals surface area contributed by atoms with Gasteiger partial charge in [-0.3, -0.25) is 4.79 Å². The van der Waals surface area contributed by atoms with Gasteiger partial charge < -0.3 is 19.5 Å². The summed E-state index contributed by atoms with van der Waals surface area (Å²) in [6.45, 7) is 4.30. The largest absolute Gasteiger partial charge is 0.508 e. The van der Waals surface area contributed by atoms with Crippen molar-refractivity contribution in [1.29, 1.82) is 0 Å². The van der Waals surface area contributed by atoms with E-state index in [1.807, 2.05) is 19.9 Å². The molecular weight excluding hydrogens is 370 g/mol. The Labute approximate surface area is 170 Å². The fourth-order valence-corrected chi connectivity index (χ4v) is 3.79. The molecule has 1 aliphatic rings. The Balaban J connectivity index is 1.63. The number of hydrogen-bond donors (Lipinski definition) is 2. The normalized spacial score (nSPS) is 13.8. The van der Waals surface area contributed by atoms with Gasteiger partial charge in [0.25, 0.3) is 0 Å². The lowest BCUT2D eigenvalue weighted by Crippen LogP contribution is -2.15. The van der Waals surface area contributed by atoms with Crippen molar-refractivity contribution in [3.8, 4) is 11.5 Å². The summed E-state index contributed by atoms with van der Waals surface area (Å²) in [7, 11) is 0. The van der Waals surface area contributed by atoms with Gasteiger partial charge in [-0.05, 0) is 64.2 Å². The second-order valence-electron chi connectivity index (χ2n) is 7.50. The smallest absolute Gasteiger partial charge is 0.342 e. The molecule has 0 fully saturated rings. The summed E-state index contributed by atoms with van der Waals surface area (Å²) in [5.74, 6) is -1.65. The van der Waals surface area contributed by atoms with E-state index in [0.29, 0.717) is 5.56 Å². The standard InChI is InChI=1S/C23H27NO5/c1-15-12-20(16(2)24(15)11-10-17-6-4-3-5-7-17)22(27)14-29-23(28)19-9-8-18(25)13-21(19)26/h6,8-9,12-13,25-26H,3-5,7,10-11,14H2,1-2H3. The molecule has 29 heavy (non-hydrogen) atoms. The molecule has 0 atom stereocenters. The molecule has 0 saturated heterocycles. The molecule has 2 N–H and O–H groups in total. The summed E-state index contributed by atoms with van der Waals surface area (Å²) in [5.41, 5.74) is 3.81. The van der Waals surface area contributed by atoms with E-state index in [9.17, 15) is 19.8 Å². The third-order valence-electron chi connectivity index (χ3n) is 5.45. The van der Waals surface area contributed by atoms with Crippen molar-refractivity contribution in [3.63, 3.8) is 0 Å². The van der Waals surface area contributed by atoms with Gasteiger partial charge in [0, 0.05) is 29.6 Å². The minimum absolute atomic E-state index is 0.0955. The summed E-state index contributed by atoms with van der Waals surface area (Å²) in [6, 6.07) is 5.41. The number of carbonyl (C=O) groups is 2. The predicted octanol–water partition coefficient (Wildman–Crippen LogP) is 4.45. The van der Waals surface area contributed by atoms with E-state index in [1.54, 1.807) is 0 Å². The second-order valence-corrected chi connectivity index (χ2v) is 7.50. The molecule has 154 valence electrons. The molecular formula is C23H27NO5. The first-order chi connectivity index (χ1) is 13.9. The van der Waals surface area contributed by atoms with Crippen molar-refractivity contribution < 1.29 is 24.5 Å². The van der Waals surface area contributed by atoms with Crippen LogP contribution in [0, 0.1) is 13.8 Å². The Morgan fingerprint density at radius 2 is 1.90 bits per heavy atom. The molecule has 2 aromatic rings. The van der Waals surface area contributed by atoms with Gasteiger partial charge >= 0.3 is 5.97 Å². The van der Waals surface area contributed by atoms with Crippen LogP contribution in [0.1, 0.15) is 64.2 Å². The number of aryl methyl sites for hydroxylation is 1. The summed E-state index contributed by atoms with van der Waals surface area (Å²) < 4.78 is 7.21. The number of phenolic OH excluding ortho intramolecular Hbond substituents is 2. The van der Waals surface area contributed by atoms with Crippen LogP contribution in [0.3, 0.4) is 0 Å². The predicted molar refractivity (Wildman–Crippen MR) is 109 cm³/mol. The number of aromatic hydroxyl groups is 2. The topological polar surface area (TPSA) is 88.8 Å². The molecule has 3 rings (SSSR count). The Hall–Kier alpha value is -3.02. The highest BCUT2D eigenvalue weighted by Crippen LogP contribution is 2.24. The van der Waals surface area contributed by atoms with Crippen LogP contribution in [-0.4, -0.2) is 33.1 Å². The summed E-state index contributed by atoms with van der Waals surface area (Å²) >= 11 is 0. The van der Waals surface area contributed by atoms with Gasteiger partial charge in [0.1, 0.15) is 17.1 Å². The zero-order chi connectivity index (χ0) is 21.0. The summed E-state index contributed by atoms with van der Waals surface area (Å²) in [5, 5.41) is 19.0. The monoisotopic (exact) mass is 397 g/mol. The first-order valence-electron chi connectivity index (χ1n) is 9.93. The molecule has 0 saturated carbocycles. The van der Waals surface area contributed by atoms with Crippen molar-refractivity contribution in [2.24, 2.45) is 0 Å². The van der Waals surface area contributed by atoms with E-state index < -0.39 is 18.3 Å². The number of carbonyl (C=O) groups excluding carboxylic acids is 2. The van der Waals surface area contributed by atoms with Crippen molar-refractivity contribution in [3.05, 3.63) is 58.4 Å². The lowest BCUT2D eigenvalue weighted by molar-refractivity contribution is 0.0471. The molecule has 0 unspecified atom stereocenters. The van der Waals surface area contributed by atoms with Crippen LogP contribution in [0.5, 0.6) is 11.5 Å². The summed E-state index contributed by atoms with van der Waals surface area (Å²) in [4.78, 5) is 24.7. The highest BCUT2D eigenvalue weighted by Gasteiger charge is 2.19. The van der Waals surface area contributed by atoms with E-state index >= 15 is 0 Å². The third kappa shape index (κ3) is 4.88. The first-order valence-corrected chi connectivity index (χ1v) is 9.93. The van der Waals surface area contributed by atoms with Crippen molar-refractivity contribution in [2.45, 2.75) is 52.5 Å². The first kappa shape index (κ1) is 20.7. The minimum atomic E-state index is -0.811. The molecule has 1 aliphatic carbocycles. The van der Waals surface area contributed by atoms with Crippen molar-refractivity contribution >= 4 is 11.8 Å².